The van der Waals surface area contributed by atoms with Crippen LogP contribution in [0.1, 0.15) is 37.0 Å². The van der Waals surface area contributed by atoms with E-state index in [-0.39, 0.29) is 11.6 Å². The summed E-state index contributed by atoms with van der Waals surface area (Å²) in [5.41, 5.74) is 0.435. The van der Waals surface area contributed by atoms with Gasteiger partial charge in [0.05, 0.1) is 12.2 Å². The fourth-order valence-corrected chi connectivity index (χ4v) is 2.39. The van der Waals surface area contributed by atoms with Gasteiger partial charge in [-0.25, -0.2) is 4.39 Å². The van der Waals surface area contributed by atoms with Crippen molar-refractivity contribution in [2.75, 3.05) is 11.9 Å². The Morgan fingerprint density at radius 3 is 2.78 bits per heavy atom. The summed E-state index contributed by atoms with van der Waals surface area (Å²) in [7, 11) is 0. The van der Waals surface area contributed by atoms with Crippen molar-refractivity contribution in [3.63, 3.8) is 0 Å². The number of hydrogen-bond acceptors (Lipinski definition) is 2. The number of halogens is 2. The number of alkyl halides is 1. The van der Waals surface area contributed by atoms with E-state index < -0.39 is 0 Å². The fraction of sp³-hybridized carbons (Fsp3) is 0.500. The molecule has 0 bridgehead atoms. The normalized spacial score (nSPS) is 12.2. The summed E-state index contributed by atoms with van der Waals surface area (Å²) in [6.45, 7) is 4.09. The lowest BCUT2D eigenvalue weighted by atomic mass is 10.1. The highest BCUT2D eigenvalue weighted by Crippen LogP contribution is 2.21. The van der Waals surface area contributed by atoms with Gasteiger partial charge in [0.15, 0.2) is 5.78 Å². The molecule has 0 aliphatic rings. The van der Waals surface area contributed by atoms with Crippen LogP contribution < -0.4 is 4.74 Å². The summed E-state index contributed by atoms with van der Waals surface area (Å²) in [4.78, 5) is 11.4. The molecule has 0 aliphatic heterocycles. The van der Waals surface area contributed by atoms with Gasteiger partial charge in [-0.1, -0.05) is 22.9 Å². The molecule has 4 heteroatoms. The molecular formula is C14H18BrFO2. The number of hydrogen-bond donors (Lipinski definition) is 0. The average molecular weight is 317 g/mol. The van der Waals surface area contributed by atoms with Crippen LogP contribution in [0.15, 0.2) is 18.2 Å². The minimum Gasteiger partial charge on any atom is -0.493 e. The second kappa shape index (κ2) is 7.52. The minimum atomic E-state index is -0.386. The van der Waals surface area contributed by atoms with Crippen molar-refractivity contribution in [3.8, 4) is 5.75 Å². The predicted molar refractivity (Wildman–Crippen MR) is 74.1 cm³/mol. The van der Waals surface area contributed by atoms with Crippen LogP contribution in [0.5, 0.6) is 5.75 Å². The maximum absolute atomic E-state index is 13.1. The Labute approximate surface area is 116 Å². The second-order valence-electron chi connectivity index (χ2n) is 4.42. The first-order valence-electron chi connectivity index (χ1n) is 6.04. The van der Waals surface area contributed by atoms with Gasteiger partial charge in [-0.05, 0) is 37.8 Å². The number of rotatable bonds is 7. The van der Waals surface area contributed by atoms with E-state index in [1.807, 2.05) is 0 Å². The van der Waals surface area contributed by atoms with E-state index in [2.05, 4.69) is 22.9 Å². The zero-order valence-electron chi connectivity index (χ0n) is 10.7. The van der Waals surface area contributed by atoms with Gasteiger partial charge in [-0.2, -0.15) is 0 Å². The molecule has 2 nitrogen and oxygen atoms in total. The summed E-state index contributed by atoms with van der Waals surface area (Å²) in [6, 6.07) is 4.01. The monoisotopic (exact) mass is 316 g/mol. The molecule has 0 saturated heterocycles. The van der Waals surface area contributed by atoms with Crippen LogP contribution in [0.3, 0.4) is 0 Å². The molecule has 0 amide bonds. The predicted octanol–water partition coefficient (Wildman–Crippen LogP) is 4.22. The van der Waals surface area contributed by atoms with Gasteiger partial charge in [0.2, 0.25) is 0 Å². The molecule has 1 aromatic carbocycles. The van der Waals surface area contributed by atoms with E-state index >= 15 is 0 Å². The summed E-state index contributed by atoms with van der Waals surface area (Å²) in [5.74, 6) is 0.384. The van der Waals surface area contributed by atoms with Crippen molar-refractivity contribution in [3.05, 3.63) is 29.6 Å². The first kappa shape index (κ1) is 15.2. The van der Waals surface area contributed by atoms with Gasteiger partial charge in [-0.15, -0.1) is 0 Å². The van der Waals surface area contributed by atoms with Crippen molar-refractivity contribution >= 4 is 21.7 Å². The highest BCUT2D eigenvalue weighted by atomic mass is 79.9. The molecule has 0 N–H and O–H groups in total. The van der Waals surface area contributed by atoms with Crippen molar-refractivity contribution in [1.29, 1.82) is 0 Å². The van der Waals surface area contributed by atoms with Gasteiger partial charge in [0.25, 0.3) is 0 Å². The van der Waals surface area contributed by atoms with Crippen LogP contribution in [0.25, 0.3) is 0 Å². The van der Waals surface area contributed by atoms with E-state index in [4.69, 9.17) is 4.74 Å². The standard InChI is InChI=1S/C14H18BrFO2/c1-10(5-7-15)6-8-18-14-9-12(16)3-4-13(14)11(2)17/h3-4,9-10H,5-8H2,1-2H3. The molecule has 1 unspecified atom stereocenters. The maximum atomic E-state index is 13.1. The Hall–Kier alpha value is -0.900. The molecule has 0 heterocycles. The van der Waals surface area contributed by atoms with Crippen LogP contribution in [0.2, 0.25) is 0 Å². The summed E-state index contributed by atoms with van der Waals surface area (Å²) in [5, 5.41) is 0.965. The second-order valence-corrected chi connectivity index (χ2v) is 5.21. The van der Waals surface area contributed by atoms with E-state index in [1.54, 1.807) is 0 Å². The topological polar surface area (TPSA) is 26.3 Å². The van der Waals surface area contributed by atoms with E-state index in [9.17, 15) is 9.18 Å². The van der Waals surface area contributed by atoms with E-state index in [0.717, 1.165) is 18.2 Å². The maximum Gasteiger partial charge on any atom is 0.163 e. The number of benzene rings is 1. The van der Waals surface area contributed by atoms with Crippen LogP contribution in [0, 0.1) is 11.7 Å². The molecule has 0 saturated carbocycles. The number of carbonyl (C=O) groups excluding carboxylic acids is 1. The van der Waals surface area contributed by atoms with Crippen LogP contribution >= 0.6 is 15.9 Å². The third-order valence-electron chi connectivity index (χ3n) is 2.79. The van der Waals surface area contributed by atoms with Crippen molar-refractivity contribution < 1.29 is 13.9 Å². The Balaban J connectivity index is 2.60. The molecule has 1 atom stereocenters. The lowest BCUT2D eigenvalue weighted by molar-refractivity contribution is 0.101. The molecule has 0 aliphatic carbocycles. The van der Waals surface area contributed by atoms with Gasteiger partial charge < -0.3 is 4.74 Å². The van der Waals surface area contributed by atoms with Crippen LogP contribution in [-0.4, -0.2) is 17.7 Å². The molecule has 1 rings (SSSR count). The van der Waals surface area contributed by atoms with Crippen molar-refractivity contribution in [2.45, 2.75) is 26.7 Å². The summed E-state index contributed by atoms with van der Waals surface area (Å²) < 4.78 is 18.6. The lowest BCUT2D eigenvalue weighted by Gasteiger charge is -2.13. The third kappa shape index (κ3) is 4.77. The Bertz CT molecular complexity index is 407. The minimum absolute atomic E-state index is 0.112. The molecule has 0 spiro atoms. The highest BCUT2D eigenvalue weighted by molar-refractivity contribution is 9.09. The quantitative estimate of drug-likeness (QED) is 0.556. The Morgan fingerprint density at radius 2 is 2.17 bits per heavy atom. The van der Waals surface area contributed by atoms with Gasteiger partial charge in [0.1, 0.15) is 11.6 Å². The molecule has 0 aromatic heterocycles. The lowest BCUT2D eigenvalue weighted by Crippen LogP contribution is -2.07. The molecule has 0 fully saturated rings. The molecule has 1 aromatic rings. The zero-order chi connectivity index (χ0) is 13.5. The largest absolute Gasteiger partial charge is 0.493 e. The van der Waals surface area contributed by atoms with Gasteiger partial charge in [-0.3, -0.25) is 4.79 Å². The summed E-state index contributed by atoms with van der Waals surface area (Å²) >= 11 is 3.39. The average Bonchev–Trinajstić information content (AvgIpc) is 2.29. The Morgan fingerprint density at radius 1 is 1.44 bits per heavy atom. The van der Waals surface area contributed by atoms with Crippen molar-refractivity contribution in [1.82, 2.24) is 0 Å². The van der Waals surface area contributed by atoms with E-state index in [1.165, 1.54) is 25.1 Å². The summed E-state index contributed by atoms with van der Waals surface area (Å²) in [6.07, 6.45) is 1.96. The smallest absolute Gasteiger partial charge is 0.163 e. The van der Waals surface area contributed by atoms with Crippen LogP contribution in [-0.2, 0) is 0 Å². The first-order chi connectivity index (χ1) is 8.54. The highest BCUT2D eigenvalue weighted by Gasteiger charge is 2.10. The number of ketones is 1. The third-order valence-corrected chi connectivity index (χ3v) is 3.25. The fourth-order valence-electron chi connectivity index (χ4n) is 1.61. The number of ether oxygens (including phenoxy) is 1. The van der Waals surface area contributed by atoms with Crippen molar-refractivity contribution in [2.24, 2.45) is 5.92 Å². The molecular weight excluding hydrogens is 299 g/mol. The van der Waals surface area contributed by atoms with Crippen LogP contribution in [0.4, 0.5) is 4.39 Å². The zero-order valence-corrected chi connectivity index (χ0v) is 12.3. The molecule has 18 heavy (non-hydrogen) atoms. The molecule has 0 radical (unpaired) electrons. The first-order valence-corrected chi connectivity index (χ1v) is 7.16. The number of Topliss-reactive ketones (excluding diaryl/α,β-unsaturated/α-hetero) is 1. The van der Waals surface area contributed by atoms with Gasteiger partial charge in [0, 0.05) is 11.4 Å². The Kier molecular flexibility index (Phi) is 6.33. The molecule has 100 valence electrons. The SMILES string of the molecule is CC(=O)c1ccc(F)cc1OCCC(C)CCBr. The van der Waals surface area contributed by atoms with Gasteiger partial charge >= 0.3 is 0 Å². The number of carbonyl (C=O) groups is 1. The van der Waals surface area contributed by atoms with E-state index in [0.29, 0.717) is 23.8 Å².